The Bertz CT molecular complexity index is 1220. The van der Waals surface area contributed by atoms with Gasteiger partial charge in [-0.3, -0.25) is 0 Å². The molecule has 1 aliphatic rings. The molecule has 1 N–H and O–H groups in total. The number of rotatable bonds is 6. The van der Waals surface area contributed by atoms with Crippen molar-refractivity contribution in [3.63, 3.8) is 0 Å². The van der Waals surface area contributed by atoms with E-state index >= 15 is 0 Å². The van der Waals surface area contributed by atoms with Crippen molar-refractivity contribution in [3.05, 3.63) is 46.9 Å². The van der Waals surface area contributed by atoms with Crippen LogP contribution < -0.4 is 14.8 Å². The molecule has 0 unspecified atom stereocenters. The molecule has 0 atom stereocenters. The van der Waals surface area contributed by atoms with Gasteiger partial charge < -0.3 is 19.7 Å². The van der Waals surface area contributed by atoms with Gasteiger partial charge in [-0.05, 0) is 63.2 Å². The fraction of sp³-hybridized carbons (Fsp3) is 0.364. The van der Waals surface area contributed by atoms with E-state index in [-0.39, 0.29) is 28.9 Å². The number of nitrogens with zero attached hydrogens (tertiary/aromatic N) is 3. The summed E-state index contributed by atoms with van der Waals surface area (Å²) in [5.74, 6) is -0.952. The van der Waals surface area contributed by atoms with E-state index in [1.807, 2.05) is 7.05 Å². The van der Waals surface area contributed by atoms with Crippen LogP contribution in [0.1, 0.15) is 19.7 Å². The fourth-order valence-corrected chi connectivity index (χ4v) is 3.65. The van der Waals surface area contributed by atoms with E-state index in [9.17, 15) is 4.39 Å². The van der Waals surface area contributed by atoms with Crippen molar-refractivity contribution in [2.75, 3.05) is 39.1 Å². The Kier molecular flexibility index (Phi) is 4.68. The minimum absolute atomic E-state index is 0.0861. The molecule has 0 amide bonds. The SMILES string of the molecule is [2H]C([2H])([2H])Oc1cc2c(Nc3ccc(Br)cc3F)ncnc2cc1OC([2H])([2H])C1CCN(C)CC1. The summed E-state index contributed by atoms with van der Waals surface area (Å²) in [7, 11) is -0.836. The number of methoxy groups -OCH3 is 1. The largest absolute Gasteiger partial charge is 0.493 e. The third-order valence-electron chi connectivity index (χ3n) is 5.05. The molecule has 1 aliphatic heterocycles. The predicted molar refractivity (Wildman–Crippen MR) is 119 cm³/mol. The number of anilines is 2. The zero-order valence-corrected chi connectivity index (χ0v) is 17.9. The number of halogens is 2. The van der Waals surface area contributed by atoms with Gasteiger partial charge in [-0.1, -0.05) is 15.9 Å². The van der Waals surface area contributed by atoms with Crippen LogP contribution in [-0.4, -0.2) is 48.6 Å². The zero-order chi connectivity index (χ0) is 25.4. The van der Waals surface area contributed by atoms with Gasteiger partial charge in [0, 0.05) is 15.9 Å². The molecule has 1 aromatic heterocycles. The topological polar surface area (TPSA) is 59.5 Å². The Balaban J connectivity index is 1.73. The summed E-state index contributed by atoms with van der Waals surface area (Å²) < 4.78 is 65.6. The maximum atomic E-state index is 14.4. The van der Waals surface area contributed by atoms with Gasteiger partial charge in [0.05, 0.1) is 31.7 Å². The molecule has 0 radical (unpaired) electrons. The Labute approximate surface area is 190 Å². The first-order chi connectivity index (χ1) is 16.4. The first kappa shape index (κ1) is 15.4. The smallest absolute Gasteiger partial charge is 0.163 e. The van der Waals surface area contributed by atoms with Gasteiger partial charge in [0.25, 0.3) is 0 Å². The molecule has 1 saturated heterocycles. The highest BCUT2D eigenvalue weighted by molar-refractivity contribution is 9.10. The number of likely N-dealkylation sites (tertiary alicyclic amines) is 1. The lowest BCUT2D eigenvalue weighted by Crippen LogP contribution is -2.32. The van der Waals surface area contributed by atoms with Crippen molar-refractivity contribution in [2.45, 2.75) is 12.8 Å². The number of hydrogen-bond donors (Lipinski definition) is 1. The summed E-state index contributed by atoms with van der Waals surface area (Å²) in [5.41, 5.74) is 0.498. The molecule has 8 heteroatoms. The molecule has 6 nitrogen and oxygen atoms in total. The van der Waals surface area contributed by atoms with E-state index < -0.39 is 19.4 Å². The van der Waals surface area contributed by atoms with Gasteiger partial charge in [-0.15, -0.1) is 0 Å². The second-order valence-electron chi connectivity index (χ2n) is 7.19. The lowest BCUT2D eigenvalue weighted by Gasteiger charge is -2.28. The molecule has 0 bridgehead atoms. The molecule has 0 saturated carbocycles. The molecule has 30 heavy (non-hydrogen) atoms. The molecule has 2 heterocycles. The summed E-state index contributed by atoms with van der Waals surface area (Å²) in [6.07, 6.45) is 2.46. The molecule has 0 aliphatic carbocycles. The van der Waals surface area contributed by atoms with Crippen molar-refractivity contribution in [1.82, 2.24) is 14.9 Å². The Morgan fingerprint density at radius 3 is 2.87 bits per heavy atom. The molecule has 2 aromatic carbocycles. The van der Waals surface area contributed by atoms with Crippen LogP contribution in [0.2, 0.25) is 0 Å². The average Bonchev–Trinajstić information content (AvgIpc) is 2.75. The number of nitrogens with one attached hydrogen (secondary N) is 1. The highest BCUT2D eigenvalue weighted by Crippen LogP contribution is 2.35. The second kappa shape index (κ2) is 9.14. The standard InChI is InChI=1S/C22H24BrFN4O2/c1-28-7-5-14(6-8-28)12-30-21-11-19-16(10-20(21)29-2)22(26-13-25-19)27-18-4-3-15(23)9-17(18)24/h3-4,9-11,13-14H,5-8,12H2,1-2H3,(H,25,26,27)/i2D3,12D2. The van der Waals surface area contributed by atoms with Gasteiger partial charge in [0.15, 0.2) is 11.5 Å². The van der Waals surface area contributed by atoms with Crippen LogP contribution >= 0.6 is 15.9 Å². The van der Waals surface area contributed by atoms with Gasteiger partial charge in [0.1, 0.15) is 18.0 Å². The second-order valence-corrected chi connectivity index (χ2v) is 8.10. The maximum absolute atomic E-state index is 14.4. The van der Waals surface area contributed by atoms with Crippen molar-refractivity contribution in [3.8, 4) is 11.5 Å². The summed E-state index contributed by atoms with van der Waals surface area (Å²) in [6.45, 7) is -0.589. The molecular formula is C22H24BrFN4O2. The van der Waals surface area contributed by atoms with Crippen LogP contribution in [0.5, 0.6) is 11.5 Å². The van der Waals surface area contributed by atoms with Gasteiger partial charge in [-0.25, -0.2) is 14.4 Å². The van der Waals surface area contributed by atoms with Crippen LogP contribution in [-0.2, 0) is 0 Å². The van der Waals surface area contributed by atoms with Gasteiger partial charge >= 0.3 is 0 Å². The highest BCUT2D eigenvalue weighted by Gasteiger charge is 2.19. The first-order valence-corrected chi connectivity index (χ1v) is 10.3. The number of fused-ring (bicyclic) bond motifs is 1. The highest BCUT2D eigenvalue weighted by atomic mass is 79.9. The Morgan fingerprint density at radius 2 is 2.10 bits per heavy atom. The van der Waals surface area contributed by atoms with Gasteiger partial charge in [0.2, 0.25) is 0 Å². The van der Waals surface area contributed by atoms with E-state index in [2.05, 4.69) is 36.1 Å². The quantitative estimate of drug-likeness (QED) is 0.536. The normalized spacial score (nSPS) is 18.7. The van der Waals surface area contributed by atoms with Crippen LogP contribution in [0.25, 0.3) is 10.9 Å². The van der Waals surface area contributed by atoms with E-state index in [1.165, 1.54) is 30.6 Å². The molecule has 1 fully saturated rings. The Morgan fingerprint density at radius 1 is 1.27 bits per heavy atom. The summed E-state index contributed by atoms with van der Waals surface area (Å²) in [4.78, 5) is 10.5. The maximum Gasteiger partial charge on any atom is 0.163 e. The molecular weight excluding hydrogens is 451 g/mol. The predicted octanol–water partition coefficient (Wildman–Crippen LogP) is 5.00. The van der Waals surface area contributed by atoms with E-state index in [1.54, 1.807) is 6.07 Å². The zero-order valence-electron chi connectivity index (χ0n) is 21.3. The third kappa shape index (κ3) is 4.65. The minimum Gasteiger partial charge on any atom is -0.493 e. The number of piperidine rings is 1. The number of aromatic nitrogens is 2. The number of ether oxygens (including phenoxy) is 2. The van der Waals surface area contributed by atoms with Crippen molar-refractivity contribution in [1.29, 1.82) is 0 Å². The average molecular weight is 480 g/mol. The van der Waals surface area contributed by atoms with Crippen LogP contribution in [0.15, 0.2) is 41.1 Å². The molecule has 158 valence electrons. The third-order valence-corrected chi connectivity index (χ3v) is 5.54. The van der Waals surface area contributed by atoms with Crippen molar-refractivity contribution >= 4 is 38.3 Å². The summed E-state index contributed by atoms with van der Waals surface area (Å²) in [6, 6.07) is 7.26. The van der Waals surface area contributed by atoms with Crippen LogP contribution in [0.3, 0.4) is 0 Å². The number of benzene rings is 2. The summed E-state index contributed by atoms with van der Waals surface area (Å²) >= 11 is 3.21. The lowest BCUT2D eigenvalue weighted by atomic mass is 9.98. The fourth-order valence-electron chi connectivity index (χ4n) is 3.31. The van der Waals surface area contributed by atoms with Gasteiger partial charge in [-0.2, -0.15) is 0 Å². The lowest BCUT2D eigenvalue weighted by molar-refractivity contribution is 0.157. The van der Waals surface area contributed by atoms with E-state index in [4.69, 9.17) is 16.3 Å². The first-order valence-electron chi connectivity index (χ1n) is 12.0. The minimum atomic E-state index is -2.81. The molecule has 0 spiro atoms. The molecule has 3 aromatic rings. The number of hydrogen-bond acceptors (Lipinski definition) is 6. The molecule has 4 rings (SSSR count). The Hall–Kier alpha value is -2.45. The van der Waals surface area contributed by atoms with Crippen LogP contribution in [0.4, 0.5) is 15.9 Å². The van der Waals surface area contributed by atoms with Crippen molar-refractivity contribution in [2.24, 2.45) is 5.92 Å². The van der Waals surface area contributed by atoms with E-state index in [0.29, 0.717) is 28.2 Å². The summed E-state index contributed by atoms with van der Waals surface area (Å²) in [5, 5.41) is 3.24. The van der Waals surface area contributed by atoms with Crippen LogP contribution in [0, 0.1) is 11.7 Å². The monoisotopic (exact) mass is 479 g/mol. The van der Waals surface area contributed by atoms with Crippen molar-refractivity contribution < 1.29 is 20.7 Å². The van der Waals surface area contributed by atoms with E-state index in [0.717, 1.165) is 13.1 Å².